The van der Waals surface area contributed by atoms with Crippen molar-refractivity contribution in [2.45, 2.75) is 20.8 Å². The maximum Gasteiger partial charge on any atom is 0.257 e. The number of ether oxygens (including phenoxy) is 1. The summed E-state index contributed by atoms with van der Waals surface area (Å²) in [4.78, 5) is 18.1. The van der Waals surface area contributed by atoms with Gasteiger partial charge in [-0.1, -0.05) is 17.7 Å². The molecule has 1 heterocycles. The molecule has 144 valence electrons. The van der Waals surface area contributed by atoms with E-state index in [1.807, 2.05) is 6.92 Å². The van der Waals surface area contributed by atoms with Gasteiger partial charge in [-0.15, -0.1) is 11.3 Å². The molecule has 3 rings (SSSR count). The Morgan fingerprint density at radius 3 is 2.50 bits per heavy atom. The maximum absolute atomic E-state index is 12.3. The van der Waals surface area contributed by atoms with Crippen LogP contribution in [-0.4, -0.2) is 23.1 Å². The van der Waals surface area contributed by atoms with Crippen molar-refractivity contribution in [1.29, 1.82) is 0 Å². The second kappa shape index (κ2) is 8.50. The van der Waals surface area contributed by atoms with Gasteiger partial charge >= 0.3 is 0 Å². The highest BCUT2D eigenvalue weighted by molar-refractivity contribution is 7.80. The Bertz CT molecular complexity index is 1030. The molecule has 0 spiro atoms. The highest BCUT2D eigenvalue weighted by Crippen LogP contribution is 2.32. The van der Waals surface area contributed by atoms with E-state index < -0.39 is 0 Å². The van der Waals surface area contributed by atoms with Gasteiger partial charge in [0.15, 0.2) is 10.2 Å². The molecule has 3 aromatic rings. The van der Waals surface area contributed by atoms with Crippen molar-refractivity contribution in [2.24, 2.45) is 0 Å². The Morgan fingerprint density at radius 2 is 1.82 bits per heavy atom. The first-order valence-corrected chi connectivity index (χ1v) is 9.91. The molecule has 28 heavy (non-hydrogen) atoms. The highest BCUT2D eigenvalue weighted by atomic mass is 32.1. The zero-order valence-corrected chi connectivity index (χ0v) is 17.8. The maximum atomic E-state index is 12.3. The molecule has 0 saturated heterocycles. The minimum Gasteiger partial charge on any atom is -0.497 e. The number of rotatable bonds is 4. The number of benzene rings is 2. The minimum absolute atomic E-state index is 0.210. The summed E-state index contributed by atoms with van der Waals surface area (Å²) in [5, 5.41) is 6.55. The van der Waals surface area contributed by atoms with Gasteiger partial charge in [0.25, 0.3) is 5.91 Å². The van der Waals surface area contributed by atoms with E-state index in [0.29, 0.717) is 16.4 Å². The number of aromatic nitrogens is 1. The molecule has 7 heteroatoms. The number of amides is 1. The third kappa shape index (κ3) is 4.55. The summed E-state index contributed by atoms with van der Waals surface area (Å²) in [5.41, 5.74) is 4.88. The quantitative estimate of drug-likeness (QED) is 0.600. The van der Waals surface area contributed by atoms with E-state index in [9.17, 15) is 4.79 Å². The van der Waals surface area contributed by atoms with Crippen LogP contribution in [0.5, 0.6) is 5.75 Å². The molecule has 0 atom stereocenters. The van der Waals surface area contributed by atoms with Gasteiger partial charge in [0.2, 0.25) is 0 Å². The Hall–Kier alpha value is -2.77. The number of nitrogens with one attached hydrogen (secondary N) is 2. The van der Waals surface area contributed by atoms with Gasteiger partial charge in [-0.2, -0.15) is 0 Å². The first-order chi connectivity index (χ1) is 13.4. The van der Waals surface area contributed by atoms with Crippen LogP contribution < -0.4 is 15.4 Å². The SMILES string of the molecule is COc1ccc(C(=O)NC(=S)Nc2nc(-c3cc(C)ccc3C)c(C)s2)cc1. The zero-order valence-electron chi connectivity index (χ0n) is 16.1. The average Bonchev–Trinajstić information content (AvgIpc) is 3.03. The second-order valence-electron chi connectivity index (χ2n) is 6.38. The average molecular weight is 412 g/mol. The lowest BCUT2D eigenvalue weighted by molar-refractivity contribution is 0.0977. The van der Waals surface area contributed by atoms with Crippen molar-refractivity contribution < 1.29 is 9.53 Å². The van der Waals surface area contributed by atoms with Gasteiger partial charge < -0.3 is 10.1 Å². The van der Waals surface area contributed by atoms with Crippen LogP contribution in [0.3, 0.4) is 0 Å². The van der Waals surface area contributed by atoms with Gasteiger partial charge in [-0.25, -0.2) is 4.98 Å². The van der Waals surface area contributed by atoms with Crippen molar-refractivity contribution in [3.63, 3.8) is 0 Å². The number of anilines is 1. The molecule has 1 amide bonds. The van der Waals surface area contributed by atoms with Crippen LogP contribution >= 0.6 is 23.6 Å². The molecule has 0 fully saturated rings. The number of hydrogen-bond acceptors (Lipinski definition) is 5. The van der Waals surface area contributed by atoms with E-state index in [1.54, 1.807) is 31.4 Å². The summed E-state index contributed by atoms with van der Waals surface area (Å²) >= 11 is 6.78. The number of carbonyl (C=O) groups excluding carboxylic acids is 1. The number of thiazole rings is 1. The first kappa shape index (κ1) is 20.0. The molecule has 0 radical (unpaired) electrons. The molecule has 0 bridgehead atoms. The van der Waals surface area contributed by atoms with E-state index in [2.05, 4.69) is 47.7 Å². The fourth-order valence-electron chi connectivity index (χ4n) is 2.74. The fourth-order valence-corrected chi connectivity index (χ4v) is 3.82. The Balaban J connectivity index is 1.70. The number of hydrogen-bond donors (Lipinski definition) is 2. The van der Waals surface area contributed by atoms with Crippen LogP contribution in [0.1, 0.15) is 26.4 Å². The number of thiocarbonyl (C=S) groups is 1. The lowest BCUT2D eigenvalue weighted by Crippen LogP contribution is -2.34. The predicted octanol–water partition coefficient (Wildman–Crippen LogP) is 4.87. The van der Waals surface area contributed by atoms with E-state index in [1.165, 1.54) is 22.5 Å². The fraction of sp³-hybridized carbons (Fsp3) is 0.190. The molecular weight excluding hydrogens is 390 g/mol. The number of carbonyl (C=O) groups is 1. The van der Waals surface area contributed by atoms with Gasteiger partial charge in [-0.05, 0) is 68.9 Å². The second-order valence-corrected chi connectivity index (χ2v) is 7.99. The summed E-state index contributed by atoms with van der Waals surface area (Å²) in [6, 6.07) is 13.1. The van der Waals surface area contributed by atoms with Crippen molar-refractivity contribution in [2.75, 3.05) is 12.4 Å². The van der Waals surface area contributed by atoms with Crippen molar-refractivity contribution in [1.82, 2.24) is 10.3 Å². The molecule has 0 saturated carbocycles. The lowest BCUT2D eigenvalue weighted by atomic mass is 10.0. The zero-order chi connectivity index (χ0) is 20.3. The lowest BCUT2D eigenvalue weighted by Gasteiger charge is -2.08. The van der Waals surface area contributed by atoms with Crippen LogP contribution in [0.15, 0.2) is 42.5 Å². The normalized spacial score (nSPS) is 10.4. The van der Waals surface area contributed by atoms with Gasteiger partial charge in [0.05, 0.1) is 12.8 Å². The van der Waals surface area contributed by atoms with E-state index in [4.69, 9.17) is 17.0 Å². The molecule has 5 nitrogen and oxygen atoms in total. The van der Waals surface area contributed by atoms with Crippen molar-refractivity contribution >= 4 is 39.7 Å². The molecular formula is C21H21N3O2S2. The van der Waals surface area contributed by atoms with Crippen LogP contribution in [0.4, 0.5) is 5.13 Å². The van der Waals surface area contributed by atoms with Crippen LogP contribution in [0.2, 0.25) is 0 Å². The Kier molecular flexibility index (Phi) is 6.06. The summed E-state index contributed by atoms with van der Waals surface area (Å²) < 4.78 is 5.10. The summed E-state index contributed by atoms with van der Waals surface area (Å²) in [7, 11) is 1.58. The van der Waals surface area contributed by atoms with E-state index in [-0.39, 0.29) is 11.0 Å². The largest absolute Gasteiger partial charge is 0.497 e. The Labute approximate surface area is 173 Å². The van der Waals surface area contributed by atoms with Crippen LogP contribution in [-0.2, 0) is 0 Å². The molecule has 0 unspecified atom stereocenters. The molecule has 2 aromatic carbocycles. The summed E-state index contributed by atoms with van der Waals surface area (Å²) in [5.74, 6) is 0.401. The van der Waals surface area contributed by atoms with Gasteiger partial charge in [-0.3, -0.25) is 10.1 Å². The van der Waals surface area contributed by atoms with Crippen molar-refractivity contribution in [3.05, 3.63) is 64.0 Å². The Morgan fingerprint density at radius 1 is 1.11 bits per heavy atom. The third-order valence-electron chi connectivity index (χ3n) is 4.24. The standard InChI is InChI=1S/C21H21N3O2S2/c1-12-5-6-13(2)17(11-12)18-14(3)28-21(22-18)24-20(27)23-19(25)15-7-9-16(26-4)10-8-15/h5-11H,1-4H3,(H2,22,23,24,25,27). The van der Waals surface area contributed by atoms with Crippen LogP contribution in [0, 0.1) is 20.8 Å². The summed E-state index contributed by atoms with van der Waals surface area (Å²) in [6.07, 6.45) is 0. The smallest absolute Gasteiger partial charge is 0.257 e. The number of aryl methyl sites for hydroxylation is 3. The molecule has 2 N–H and O–H groups in total. The van der Waals surface area contributed by atoms with E-state index in [0.717, 1.165) is 16.1 Å². The monoisotopic (exact) mass is 411 g/mol. The molecule has 0 aliphatic heterocycles. The van der Waals surface area contributed by atoms with E-state index >= 15 is 0 Å². The van der Waals surface area contributed by atoms with Crippen LogP contribution in [0.25, 0.3) is 11.3 Å². The minimum atomic E-state index is -0.289. The predicted molar refractivity (Wildman–Crippen MR) is 118 cm³/mol. The van der Waals surface area contributed by atoms with Gasteiger partial charge in [0.1, 0.15) is 5.75 Å². The highest BCUT2D eigenvalue weighted by Gasteiger charge is 2.14. The molecule has 0 aliphatic carbocycles. The topological polar surface area (TPSA) is 63.2 Å². The van der Waals surface area contributed by atoms with Gasteiger partial charge in [0, 0.05) is 16.0 Å². The number of methoxy groups -OCH3 is 1. The molecule has 1 aromatic heterocycles. The first-order valence-electron chi connectivity index (χ1n) is 8.69. The van der Waals surface area contributed by atoms with Crippen molar-refractivity contribution in [3.8, 4) is 17.0 Å². The number of nitrogens with zero attached hydrogens (tertiary/aromatic N) is 1. The summed E-state index contributed by atoms with van der Waals surface area (Å²) in [6.45, 7) is 6.16. The molecule has 0 aliphatic rings. The third-order valence-corrected chi connectivity index (χ3v) is 5.33.